The number of allylic oxidation sites excluding steroid dienone is 1. The molecule has 0 radical (unpaired) electrons. The van der Waals surface area contributed by atoms with Gasteiger partial charge in [0.2, 0.25) is 15.9 Å². The number of carbonyl (C=O) groups is 1. The number of carbonyl (C=O) groups excluding carboxylic acids is 1. The van der Waals surface area contributed by atoms with Gasteiger partial charge in [0.25, 0.3) is 10.2 Å². The fourth-order valence-corrected chi connectivity index (χ4v) is 7.47. The van der Waals surface area contributed by atoms with Crippen molar-refractivity contribution in [2.75, 3.05) is 54.5 Å². The average molecular weight is 609 g/mol. The lowest BCUT2D eigenvalue weighted by molar-refractivity contribution is -0.132. The van der Waals surface area contributed by atoms with Gasteiger partial charge in [-0.05, 0) is 48.2 Å². The molecule has 2 aromatic carbocycles. The maximum absolute atomic E-state index is 14.3. The highest BCUT2D eigenvalue weighted by Crippen LogP contribution is 2.25. The maximum atomic E-state index is 14.3. The van der Waals surface area contributed by atoms with E-state index in [-0.39, 0.29) is 45.7 Å². The third kappa shape index (κ3) is 8.07. The molecule has 0 bridgehead atoms. The number of amides is 1. The molecule has 13 heteroatoms. The van der Waals surface area contributed by atoms with E-state index in [2.05, 4.69) is 6.58 Å². The highest BCUT2D eigenvalue weighted by atomic mass is 32.2. The molecule has 0 spiro atoms. The van der Waals surface area contributed by atoms with Crippen LogP contribution in [0.4, 0.5) is 0 Å². The number of sulfonamides is 1. The Kier molecular flexibility index (Phi) is 11.3. The molecule has 11 nitrogen and oxygen atoms in total. The van der Waals surface area contributed by atoms with Gasteiger partial charge < -0.3 is 14.4 Å². The smallest absolute Gasteiger partial charge is 0.281 e. The minimum absolute atomic E-state index is 0.0467. The third-order valence-corrected chi connectivity index (χ3v) is 11.1. The predicted octanol–water partition coefficient (Wildman–Crippen LogP) is 2.32. The first-order valence-electron chi connectivity index (χ1n) is 13.3. The third-order valence-electron chi connectivity index (χ3n) is 7.00. The lowest BCUT2D eigenvalue weighted by atomic mass is 10.2. The van der Waals surface area contributed by atoms with E-state index >= 15 is 0 Å². The summed E-state index contributed by atoms with van der Waals surface area (Å²) in [5.41, 5.74) is 1.47. The maximum Gasteiger partial charge on any atom is 0.281 e. The van der Waals surface area contributed by atoms with Crippen molar-refractivity contribution in [2.24, 2.45) is 0 Å². The van der Waals surface area contributed by atoms with E-state index in [4.69, 9.17) is 9.47 Å². The van der Waals surface area contributed by atoms with Gasteiger partial charge in [0.05, 0.1) is 14.2 Å². The molecule has 0 saturated carbocycles. The quantitative estimate of drug-likeness (QED) is 0.302. The van der Waals surface area contributed by atoms with Crippen LogP contribution >= 0.6 is 0 Å². The van der Waals surface area contributed by atoms with Gasteiger partial charge in [0, 0.05) is 53.4 Å². The molecule has 1 fully saturated rings. The molecule has 0 unspecified atom stereocenters. The van der Waals surface area contributed by atoms with Crippen LogP contribution < -0.4 is 9.47 Å². The number of ether oxygens (including phenoxy) is 2. The van der Waals surface area contributed by atoms with E-state index in [9.17, 15) is 21.6 Å². The Labute approximate surface area is 244 Å². The van der Waals surface area contributed by atoms with E-state index in [1.54, 1.807) is 68.8 Å². The molecule has 0 aromatic heterocycles. The summed E-state index contributed by atoms with van der Waals surface area (Å²) in [5, 5.41) is -1.35. The summed E-state index contributed by atoms with van der Waals surface area (Å²) in [6, 6.07) is 14.2. The normalized spacial score (nSPS) is 15.6. The van der Waals surface area contributed by atoms with Crippen molar-refractivity contribution in [1.82, 2.24) is 17.8 Å². The molecule has 3 rings (SSSR count). The van der Waals surface area contributed by atoms with Gasteiger partial charge in [0.1, 0.15) is 11.5 Å². The zero-order chi connectivity index (χ0) is 30.2. The molecule has 1 heterocycles. The van der Waals surface area contributed by atoms with Crippen molar-refractivity contribution < 1.29 is 31.1 Å². The Bertz CT molecular complexity index is 1320. The van der Waals surface area contributed by atoms with E-state index in [0.29, 0.717) is 17.9 Å². The lowest BCUT2D eigenvalue weighted by Crippen LogP contribution is -2.56. The molecule has 1 amide bonds. The van der Waals surface area contributed by atoms with Crippen molar-refractivity contribution in [2.45, 2.75) is 31.2 Å². The Morgan fingerprint density at radius 2 is 1.34 bits per heavy atom. The van der Waals surface area contributed by atoms with Gasteiger partial charge in [-0.25, -0.2) is 8.42 Å². The number of piperazine rings is 1. The van der Waals surface area contributed by atoms with Gasteiger partial charge in [-0.15, -0.1) is 6.58 Å². The van der Waals surface area contributed by atoms with Crippen LogP contribution in [0, 0.1) is 0 Å². The summed E-state index contributed by atoms with van der Waals surface area (Å²) in [6.45, 7) is 4.18. The largest absolute Gasteiger partial charge is 0.497 e. The van der Waals surface area contributed by atoms with Crippen molar-refractivity contribution >= 4 is 26.1 Å². The van der Waals surface area contributed by atoms with Crippen LogP contribution in [-0.4, -0.2) is 100 Å². The summed E-state index contributed by atoms with van der Waals surface area (Å²) >= 11 is 0. The van der Waals surface area contributed by atoms with Gasteiger partial charge in [-0.2, -0.15) is 21.3 Å². The number of hydrogen-bond donors (Lipinski definition) is 0. The van der Waals surface area contributed by atoms with Crippen LogP contribution in [0.3, 0.4) is 0 Å². The molecular formula is C28H40N4O7S2. The zero-order valence-electron chi connectivity index (χ0n) is 24.1. The molecular weight excluding hydrogens is 568 g/mol. The molecule has 0 aliphatic carbocycles. The van der Waals surface area contributed by atoms with Crippen LogP contribution in [0.5, 0.6) is 11.5 Å². The van der Waals surface area contributed by atoms with Gasteiger partial charge in [-0.1, -0.05) is 30.3 Å². The Hall–Kier alpha value is -2.97. The second-order valence-electron chi connectivity index (χ2n) is 9.88. The number of benzene rings is 2. The summed E-state index contributed by atoms with van der Waals surface area (Å²) in [4.78, 5) is 15.2. The fourth-order valence-electron chi connectivity index (χ4n) is 4.53. The Balaban J connectivity index is 1.91. The fraction of sp³-hybridized carbons (Fsp3) is 0.464. The molecule has 1 aliphatic heterocycles. The Morgan fingerprint density at radius 1 is 0.878 bits per heavy atom. The summed E-state index contributed by atoms with van der Waals surface area (Å²) in [6.07, 6.45) is 1.97. The van der Waals surface area contributed by atoms with Gasteiger partial charge in [-0.3, -0.25) is 4.79 Å². The number of rotatable bonds is 14. The van der Waals surface area contributed by atoms with E-state index in [1.165, 1.54) is 27.6 Å². The number of nitrogens with zero attached hydrogens (tertiary/aromatic N) is 4. The molecule has 226 valence electrons. The first-order chi connectivity index (χ1) is 19.4. The summed E-state index contributed by atoms with van der Waals surface area (Å²) < 4.78 is 67.8. The van der Waals surface area contributed by atoms with E-state index < -0.39 is 31.4 Å². The SMILES string of the molecule is C=CCC[C@@H](C(=O)N1CCN(S(=O)(=O)N(C)C)CC1)S(=O)(=O)N(Cc1ccc(OC)cc1)Cc1ccc(OC)cc1. The standard InChI is InChI=1S/C28H40N4O7S2/c1-6-7-8-27(28(33)30-17-19-31(20-18-30)41(36,37)29(2)3)40(34,35)32(21-23-9-13-25(38-4)14-10-23)22-24-11-15-26(39-5)16-12-24/h6,9-16,27H,1,7-8,17-22H2,2-5H3/t27-/m0/s1. The summed E-state index contributed by atoms with van der Waals surface area (Å²) in [5.74, 6) is 0.753. The van der Waals surface area contributed by atoms with Crippen molar-refractivity contribution in [3.8, 4) is 11.5 Å². The van der Waals surface area contributed by atoms with Crippen LogP contribution in [0.15, 0.2) is 61.2 Å². The van der Waals surface area contributed by atoms with Crippen molar-refractivity contribution in [1.29, 1.82) is 0 Å². The van der Waals surface area contributed by atoms with Crippen LogP contribution in [0.1, 0.15) is 24.0 Å². The van der Waals surface area contributed by atoms with Crippen LogP contribution in [0.25, 0.3) is 0 Å². The monoisotopic (exact) mass is 608 g/mol. The average Bonchev–Trinajstić information content (AvgIpc) is 2.97. The van der Waals surface area contributed by atoms with Crippen molar-refractivity contribution in [3.63, 3.8) is 0 Å². The van der Waals surface area contributed by atoms with E-state index in [1.807, 2.05) is 0 Å². The molecule has 1 atom stereocenters. The molecule has 1 aliphatic rings. The second-order valence-corrected chi connectivity index (χ2v) is 14.1. The second kappa shape index (κ2) is 14.3. The first kappa shape index (κ1) is 32.5. The highest BCUT2D eigenvalue weighted by Gasteiger charge is 2.41. The molecule has 0 N–H and O–H groups in total. The van der Waals surface area contributed by atoms with Gasteiger partial charge in [0.15, 0.2) is 5.25 Å². The topological polar surface area (TPSA) is 117 Å². The molecule has 1 saturated heterocycles. The minimum atomic E-state index is -4.18. The first-order valence-corrected chi connectivity index (χ1v) is 16.2. The van der Waals surface area contributed by atoms with Gasteiger partial charge >= 0.3 is 0 Å². The molecule has 41 heavy (non-hydrogen) atoms. The molecule has 2 aromatic rings. The number of methoxy groups -OCH3 is 2. The van der Waals surface area contributed by atoms with Crippen LogP contribution in [-0.2, 0) is 38.1 Å². The number of hydrogen-bond acceptors (Lipinski definition) is 7. The van der Waals surface area contributed by atoms with Crippen molar-refractivity contribution in [3.05, 3.63) is 72.3 Å². The lowest BCUT2D eigenvalue weighted by Gasteiger charge is -2.37. The summed E-state index contributed by atoms with van der Waals surface area (Å²) in [7, 11) is -1.80. The Morgan fingerprint density at radius 3 is 1.73 bits per heavy atom. The minimum Gasteiger partial charge on any atom is -0.497 e. The predicted molar refractivity (Wildman–Crippen MR) is 158 cm³/mol. The van der Waals surface area contributed by atoms with Crippen LogP contribution in [0.2, 0.25) is 0 Å². The highest BCUT2D eigenvalue weighted by molar-refractivity contribution is 7.90. The zero-order valence-corrected chi connectivity index (χ0v) is 25.7. The van der Waals surface area contributed by atoms with E-state index in [0.717, 1.165) is 15.4 Å².